The number of rotatable bonds is 9. The number of phenols is 2. The third-order valence-electron chi connectivity index (χ3n) is 3.44. The molecule has 0 atom stereocenters. The molecule has 1 aromatic rings. The van der Waals surface area contributed by atoms with Crippen LogP contribution in [0, 0.1) is 0 Å². The van der Waals surface area contributed by atoms with E-state index in [0.29, 0.717) is 5.56 Å². The average molecular weight is 279 g/mol. The van der Waals surface area contributed by atoms with Crippen LogP contribution in [0.15, 0.2) is 17.3 Å². The fourth-order valence-electron chi connectivity index (χ4n) is 2.29. The lowest BCUT2D eigenvalue weighted by Gasteiger charge is -2.07. The first kappa shape index (κ1) is 16.3. The van der Waals surface area contributed by atoms with Gasteiger partial charge in [0.05, 0.1) is 6.21 Å². The van der Waals surface area contributed by atoms with Gasteiger partial charge < -0.3 is 15.4 Å². The number of nitrogens with zero attached hydrogens (tertiary/aromatic N) is 1. The maximum Gasteiger partial charge on any atom is 0.166 e. The largest absolute Gasteiger partial charge is 0.504 e. The molecule has 1 aromatic carbocycles. The molecule has 0 aliphatic rings. The Bertz CT molecular complexity index is 430. The predicted molar refractivity (Wildman–Crippen MR) is 80.8 cm³/mol. The van der Waals surface area contributed by atoms with E-state index in [2.05, 4.69) is 12.1 Å². The number of hydrogen-bond donors (Lipinski definition) is 3. The van der Waals surface area contributed by atoms with E-state index in [-0.39, 0.29) is 11.5 Å². The van der Waals surface area contributed by atoms with Gasteiger partial charge in [-0.05, 0) is 30.5 Å². The molecule has 0 saturated carbocycles. The number of aromatic hydroxyl groups is 2. The first-order valence-corrected chi connectivity index (χ1v) is 7.41. The number of benzene rings is 1. The summed E-state index contributed by atoms with van der Waals surface area (Å²) in [6, 6.07) is 3.31. The van der Waals surface area contributed by atoms with Crippen LogP contribution in [-0.2, 0) is 6.42 Å². The molecular formula is C16H25NO3. The molecule has 0 unspecified atom stereocenters. The van der Waals surface area contributed by atoms with Gasteiger partial charge in [-0.2, -0.15) is 0 Å². The molecular weight excluding hydrogens is 254 g/mol. The second-order valence-electron chi connectivity index (χ2n) is 5.17. The minimum Gasteiger partial charge on any atom is -0.504 e. The van der Waals surface area contributed by atoms with Crippen molar-refractivity contribution < 1.29 is 15.4 Å². The van der Waals surface area contributed by atoms with Crippen LogP contribution in [0.1, 0.15) is 63.0 Å². The molecule has 0 radical (unpaired) electrons. The highest BCUT2D eigenvalue weighted by atomic mass is 16.4. The van der Waals surface area contributed by atoms with Crippen LogP contribution >= 0.6 is 0 Å². The Morgan fingerprint density at radius 1 is 1.00 bits per heavy atom. The van der Waals surface area contributed by atoms with Gasteiger partial charge in [0.1, 0.15) is 0 Å². The molecule has 20 heavy (non-hydrogen) atoms. The first-order chi connectivity index (χ1) is 9.69. The van der Waals surface area contributed by atoms with Crippen molar-refractivity contribution in [2.75, 3.05) is 0 Å². The Hall–Kier alpha value is -1.71. The van der Waals surface area contributed by atoms with Gasteiger partial charge in [0.15, 0.2) is 11.5 Å². The molecule has 0 aliphatic heterocycles. The summed E-state index contributed by atoms with van der Waals surface area (Å²) in [4.78, 5) is 0. The number of oxime groups is 1. The highest BCUT2D eigenvalue weighted by Crippen LogP contribution is 2.30. The fraction of sp³-hybridized carbons (Fsp3) is 0.562. The van der Waals surface area contributed by atoms with E-state index < -0.39 is 0 Å². The molecule has 3 N–H and O–H groups in total. The van der Waals surface area contributed by atoms with Gasteiger partial charge in [0, 0.05) is 5.56 Å². The standard InChI is InChI=1S/C16H25NO3/c1-2-3-4-5-6-7-8-9-13-10-14(12-17-20)16(19)15(18)11-13/h10-12,18-20H,2-9H2,1H3/b17-12-. The highest BCUT2D eigenvalue weighted by molar-refractivity contribution is 5.84. The summed E-state index contributed by atoms with van der Waals surface area (Å²) in [5.41, 5.74) is 1.29. The highest BCUT2D eigenvalue weighted by Gasteiger charge is 2.07. The second kappa shape index (κ2) is 9.23. The average Bonchev–Trinajstić information content (AvgIpc) is 2.43. The van der Waals surface area contributed by atoms with Crippen LogP contribution in [0.25, 0.3) is 0 Å². The van der Waals surface area contributed by atoms with Gasteiger partial charge in [-0.15, -0.1) is 0 Å². The predicted octanol–water partition coefficient (Wildman–Crippen LogP) is 4.20. The summed E-state index contributed by atoms with van der Waals surface area (Å²) < 4.78 is 0. The number of aryl methyl sites for hydroxylation is 1. The lowest BCUT2D eigenvalue weighted by molar-refractivity contribution is 0.321. The van der Waals surface area contributed by atoms with Gasteiger partial charge in [0.25, 0.3) is 0 Å². The zero-order valence-corrected chi connectivity index (χ0v) is 12.2. The smallest absolute Gasteiger partial charge is 0.166 e. The van der Waals surface area contributed by atoms with Crippen LogP contribution in [0.4, 0.5) is 0 Å². The van der Waals surface area contributed by atoms with E-state index in [1.54, 1.807) is 12.1 Å². The minimum atomic E-state index is -0.244. The lowest BCUT2D eigenvalue weighted by atomic mass is 10.0. The summed E-state index contributed by atoms with van der Waals surface area (Å²) in [5, 5.41) is 30.6. The molecule has 0 fully saturated rings. The third-order valence-corrected chi connectivity index (χ3v) is 3.44. The molecule has 0 amide bonds. The van der Waals surface area contributed by atoms with E-state index in [1.807, 2.05) is 0 Å². The second-order valence-corrected chi connectivity index (χ2v) is 5.17. The lowest BCUT2D eigenvalue weighted by Crippen LogP contribution is -1.91. The van der Waals surface area contributed by atoms with Gasteiger partial charge in [-0.25, -0.2) is 0 Å². The van der Waals surface area contributed by atoms with E-state index in [9.17, 15) is 10.2 Å². The van der Waals surface area contributed by atoms with Crippen LogP contribution < -0.4 is 0 Å². The van der Waals surface area contributed by atoms with Crippen molar-refractivity contribution in [2.45, 2.75) is 58.3 Å². The van der Waals surface area contributed by atoms with Crippen molar-refractivity contribution in [1.82, 2.24) is 0 Å². The van der Waals surface area contributed by atoms with Crippen molar-refractivity contribution in [2.24, 2.45) is 5.16 Å². The van der Waals surface area contributed by atoms with Gasteiger partial charge in [0.2, 0.25) is 0 Å². The van der Waals surface area contributed by atoms with Crippen LogP contribution in [-0.4, -0.2) is 21.6 Å². The molecule has 1 rings (SSSR count). The zero-order chi connectivity index (χ0) is 14.8. The number of phenolic OH excluding ortho intramolecular Hbond substituents is 2. The van der Waals surface area contributed by atoms with E-state index in [4.69, 9.17) is 5.21 Å². The van der Waals surface area contributed by atoms with E-state index in [1.165, 1.54) is 38.5 Å². The Labute approximate surface area is 120 Å². The zero-order valence-electron chi connectivity index (χ0n) is 12.2. The normalized spacial score (nSPS) is 11.2. The Morgan fingerprint density at radius 2 is 1.65 bits per heavy atom. The molecule has 0 spiro atoms. The summed E-state index contributed by atoms with van der Waals surface area (Å²) >= 11 is 0. The molecule has 4 heteroatoms. The van der Waals surface area contributed by atoms with Gasteiger partial charge >= 0.3 is 0 Å². The summed E-state index contributed by atoms with van der Waals surface area (Å²) in [6.07, 6.45) is 10.6. The fourth-order valence-corrected chi connectivity index (χ4v) is 2.29. The van der Waals surface area contributed by atoms with Crippen molar-refractivity contribution >= 4 is 6.21 Å². The summed E-state index contributed by atoms with van der Waals surface area (Å²) in [6.45, 7) is 2.21. The molecule has 0 saturated heterocycles. The van der Waals surface area contributed by atoms with Crippen molar-refractivity contribution in [3.63, 3.8) is 0 Å². The monoisotopic (exact) mass is 279 g/mol. The molecule has 0 aliphatic carbocycles. The van der Waals surface area contributed by atoms with Crippen molar-refractivity contribution in [1.29, 1.82) is 0 Å². The maximum absolute atomic E-state index is 9.61. The van der Waals surface area contributed by atoms with E-state index >= 15 is 0 Å². The Morgan fingerprint density at radius 3 is 2.30 bits per heavy atom. The van der Waals surface area contributed by atoms with Crippen LogP contribution in [0.3, 0.4) is 0 Å². The Kier molecular flexibility index (Phi) is 7.55. The van der Waals surface area contributed by atoms with E-state index in [0.717, 1.165) is 24.6 Å². The molecule has 0 aromatic heterocycles. The van der Waals surface area contributed by atoms with Gasteiger partial charge in [-0.1, -0.05) is 50.6 Å². The SMILES string of the molecule is CCCCCCCCCc1cc(O)c(O)c(/C=N\O)c1. The molecule has 4 nitrogen and oxygen atoms in total. The summed E-state index contributed by atoms with van der Waals surface area (Å²) in [5.74, 6) is -0.411. The van der Waals surface area contributed by atoms with Crippen molar-refractivity contribution in [3.8, 4) is 11.5 Å². The molecule has 112 valence electrons. The molecule has 0 bridgehead atoms. The summed E-state index contributed by atoms with van der Waals surface area (Å²) in [7, 11) is 0. The third kappa shape index (κ3) is 5.51. The topological polar surface area (TPSA) is 73.0 Å². The number of unbranched alkanes of at least 4 members (excludes halogenated alkanes) is 6. The maximum atomic E-state index is 9.61. The number of hydrogen-bond acceptors (Lipinski definition) is 4. The van der Waals surface area contributed by atoms with Crippen molar-refractivity contribution in [3.05, 3.63) is 23.3 Å². The van der Waals surface area contributed by atoms with Crippen LogP contribution in [0.5, 0.6) is 11.5 Å². The quantitative estimate of drug-likeness (QED) is 0.208. The minimum absolute atomic E-state index is 0.166. The Balaban J connectivity index is 2.40. The van der Waals surface area contributed by atoms with Gasteiger partial charge in [-0.3, -0.25) is 0 Å². The molecule has 0 heterocycles. The first-order valence-electron chi connectivity index (χ1n) is 7.41. The van der Waals surface area contributed by atoms with Crippen LogP contribution in [0.2, 0.25) is 0 Å².